The summed E-state index contributed by atoms with van der Waals surface area (Å²) in [6, 6.07) is 2.88. The quantitative estimate of drug-likeness (QED) is 0.564. The maximum absolute atomic E-state index is 10.8. The number of pyridine rings is 1. The molecule has 0 spiro atoms. The van der Waals surface area contributed by atoms with E-state index in [-0.39, 0.29) is 5.56 Å². The zero-order valence-electron chi connectivity index (χ0n) is 5.90. The van der Waals surface area contributed by atoms with Crippen LogP contribution in [0, 0.1) is 0 Å². The monoisotopic (exact) mass is 152 g/mol. The van der Waals surface area contributed by atoms with E-state index >= 15 is 0 Å². The van der Waals surface area contributed by atoms with Gasteiger partial charge in [-0.1, -0.05) is 0 Å². The topological polar surface area (TPSA) is 59.1 Å². The molecule has 0 N–H and O–H groups in total. The lowest BCUT2D eigenvalue weighted by atomic mass is 10.3. The molecule has 0 aliphatic rings. The van der Waals surface area contributed by atoms with Gasteiger partial charge in [0.15, 0.2) is 0 Å². The molecule has 0 amide bonds. The van der Waals surface area contributed by atoms with E-state index in [2.05, 4.69) is 9.72 Å². The third kappa shape index (κ3) is 1.46. The van der Waals surface area contributed by atoms with Crippen LogP contribution in [0.3, 0.4) is 0 Å². The molecule has 0 aliphatic heterocycles. The molecule has 0 saturated heterocycles. The summed E-state index contributed by atoms with van der Waals surface area (Å²) < 4.78 is 4.34. The van der Waals surface area contributed by atoms with Crippen molar-refractivity contribution in [2.45, 2.75) is 0 Å². The number of methoxy groups -OCH3 is 1. The summed E-state index contributed by atoms with van der Waals surface area (Å²) in [5, 5.41) is 10.8. The summed E-state index contributed by atoms with van der Waals surface area (Å²) in [4.78, 5) is 14.2. The first-order valence-electron chi connectivity index (χ1n) is 2.96. The molecular weight excluding hydrogens is 146 g/mol. The van der Waals surface area contributed by atoms with Gasteiger partial charge < -0.3 is 4.74 Å². The number of carbonyl (C=O) groups is 1. The normalized spacial score (nSPS) is 9.18. The van der Waals surface area contributed by atoms with Crippen LogP contribution in [-0.2, 0) is 9.84 Å². The van der Waals surface area contributed by atoms with Gasteiger partial charge in [0.05, 0.1) is 7.11 Å². The van der Waals surface area contributed by atoms with Gasteiger partial charge in [0, 0.05) is 6.20 Å². The van der Waals surface area contributed by atoms with Crippen LogP contribution in [-0.4, -0.2) is 18.1 Å². The number of rotatable bonds is 1. The molecule has 4 nitrogen and oxygen atoms in total. The number of hydrogen-bond acceptors (Lipinski definition) is 3. The minimum absolute atomic E-state index is 0.0324. The second-order valence-corrected chi connectivity index (χ2v) is 1.85. The Morgan fingerprint density at radius 2 is 2.36 bits per heavy atom. The van der Waals surface area contributed by atoms with Gasteiger partial charge in [-0.15, -0.1) is 0 Å². The van der Waals surface area contributed by atoms with Gasteiger partial charge in [0.1, 0.15) is 5.56 Å². The molecule has 1 aromatic heterocycles. The van der Waals surface area contributed by atoms with E-state index in [1.165, 1.54) is 25.4 Å². The van der Waals surface area contributed by atoms with Crippen LogP contribution in [0.25, 0.3) is 0 Å². The fourth-order valence-electron chi connectivity index (χ4n) is 0.656. The van der Waals surface area contributed by atoms with E-state index in [4.69, 9.17) is 0 Å². The van der Waals surface area contributed by atoms with Crippen molar-refractivity contribution in [3.63, 3.8) is 0 Å². The second-order valence-electron chi connectivity index (χ2n) is 1.85. The predicted molar refractivity (Wildman–Crippen MR) is 35.7 cm³/mol. The van der Waals surface area contributed by atoms with Crippen molar-refractivity contribution in [2.24, 2.45) is 0 Å². The summed E-state index contributed by atoms with van der Waals surface area (Å²) in [6.07, 6.45) is 1.33. The lowest BCUT2D eigenvalue weighted by Crippen LogP contribution is -2.01. The zero-order chi connectivity index (χ0) is 8.27. The molecule has 57 valence electrons. The van der Waals surface area contributed by atoms with Crippen molar-refractivity contribution >= 4 is 5.97 Å². The van der Waals surface area contributed by atoms with Gasteiger partial charge >= 0.3 is 5.97 Å². The second kappa shape index (κ2) is 3.01. The molecule has 0 bridgehead atoms. The summed E-state index contributed by atoms with van der Waals surface area (Å²) in [7, 11) is 1.22. The lowest BCUT2D eigenvalue weighted by molar-refractivity contribution is 0.0594. The Balaban J connectivity index is 3.03. The van der Waals surface area contributed by atoms with E-state index < -0.39 is 11.8 Å². The average Bonchev–Trinajstić information content (AvgIpc) is 2.04. The van der Waals surface area contributed by atoms with Gasteiger partial charge in [-0.05, 0) is 12.1 Å². The highest BCUT2D eigenvalue weighted by molar-refractivity contribution is 5.91. The van der Waals surface area contributed by atoms with Crippen molar-refractivity contribution in [3.8, 4) is 5.88 Å². The summed E-state index contributed by atoms with van der Waals surface area (Å²) >= 11 is 0. The SMILES string of the molecule is COC(=O)c1cccnc1[O]. The molecule has 0 fully saturated rings. The van der Waals surface area contributed by atoms with Crippen molar-refractivity contribution in [1.82, 2.24) is 4.98 Å². The highest BCUT2D eigenvalue weighted by atomic mass is 16.5. The number of carbonyl (C=O) groups excluding carboxylic acids is 1. The molecule has 0 aromatic carbocycles. The Hall–Kier alpha value is -1.58. The fourth-order valence-corrected chi connectivity index (χ4v) is 0.656. The van der Waals surface area contributed by atoms with Crippen molar-refractivity contribution in [3.05, 3.63) is 23.9 Å². The molecule has 1 radical (unpaired) electrons. The Morgan fingerprint density at radius 3 is 2.91 bits per heavy atom. The van der Waals surface area contributed by atoms with Crippen molar-refractivity contribution in [1.29, 1.82) is 0 Å². The van der Waals surface area contributed by atoms with Crippen LogP contribution in [0.15, 0.2) is 18.3 Å². The fraction of sp³-hybridized carbons (Fsp3) is 0.143. The molecule has 0 unspecified atom stereocenters. The van der Waals surface area contributed by atoms with Gasteiger partial charge in [-0.3, -0.25) is 5.11 Å². The number of hydrogen-bond donors (Lipinski definition) is 0. The van der Waals surface area contributed by atoms with Crippen LogP contribution in [0.5, 0.6) is 5.88 Å². The predicted octanol–water partition coefficient (Wildman–Crippen LogP) is 1.01. The molecule has 0 aliphatic carbocycles. The Morgan fingerprint density at radius 1 is 1.64 bits per heavy atom. The summed E-state index contributed by atoms with van der Waals surface area (Å²) in [5.74, 6) is -1.21. The Kier molecular flexibility index (Phi) is 2.06. The summed E-state index contributed by atoms with van der Waals surface area (Å²) in [6.45, 7) is 0. The van der Waals surface area contributed by atoms with Crippen LogP contribution >= 0.6 is 0 Å². The Labute approximate surface area is 63.5 Å². The van der Waals surface area contributed by atoms with Gasteiger partial charge in [0.25, 0.3) is 5.88 Å². The molecule has 0 atom stereocenters. The number of aromatic nitrogens is 1. The highest BCUT2D eigenvalue weighted by Gasteiger charge is 2.11. The third-order valence-corrected chi connectivity index (χ3v) is 1.18. The molecule has 4 heteroatoms. The first-order valence-corrected chi connectivity index (χ1v) is 2.96. The smallest absolute Gasteiger partial charge is 0.343 e. The molecule has 1 rings (SSSR count). The molecule has 11 heavy (non-hydrogen) atoms. The van der Waals surface area contributed by atoms with Crippen LogP contribution < -0.4 is 0 Å². The number of nitrogens with zero attached hydrogens (tertiary/aromatic N) is 1. The molecular formula is C7H6NO3. The average molecular weight is 152 g/mol. The van der Waals surface area contributed by atoms with Crippen molar-refractivity contribution < 1.29 is 14.6 Å². The van der Waals surface area contributed by atoms with E-state index in [0.29, 0.717) is 0 Å². The zero-order valence-corrected chi connectivity index (χ0v) is 5.90. The minimum atomic E-state index is -0.650. The Bertz CT molecular complexity index is 272. The van der Waals surface area contributed by atoms with Gasteiger partial charge in [0.2, 0.25) is 0 Å². The maximum atomic E-state index is 10.8. The summed E-state index contributed by atoms with van der Waals surface area (Å²) in [5.41, 5.74) is -0.0324. The maximum Gasteiger partial charge on any atom is 0.343 e. The van der Waals surface area contributed by atoms with E-state index in [1.54, 1.807) is 0 Å². The standard InChI is InChI=1S/C7H6NO3/c1-11-7(10)5-3-2-4-8-6(5)9/h2-4H,1H3. The minimum Gasteiger partial charge on any atom is -0.465 e. The van der Waals surface area contributed by atoms with Crippen molar-refractivity contribution in [2.75, 3.05) is 7.11 Å². The van der Waals surface area contributed by atoms with Gasteiger partial charge in [-0.25, -0.2) is 9.78 Å². The van der Waals surface area contributed by atoms with E-state index in [1.807, 2.05) is 0 Å². The largest absolute Gasteiger partial charge is 0.465 e. The van der Waals surface area contributed by atoms with Crippen LogP contribution in [0.4, 0.5) is 0 Å². The lowest BCUT2D eigenvalue weighted by Gasteiger charge is -1.96. The number of esters is 1. The highest BCUT2D eigenvalue weighted by Crippen LogP contribution is 2.12. The first kappa shape index (κ1) is 7.53. The van der Waals surface area contributed by atoms with Crippen LogP contribution in [0.2, 0.25) is 0 Å². The molecule has 1 heterocycles. The third-order valence-electron chi connectivity index (χ3n) is 1.18. The van der Waals surface area contributed by atoms with E-state index in [9.17, 15) is 9.90 Å². The van der Waals surface area contributed by atoms with E-state index in [0.717, 1.165) is 0 Å². The first-order chi connectivity index (χ1) is 5.25. The van der Waals surface area contributed by atoms with Crippen LogP contribution in [0.1, 0.15) is 10.4 Å². The number of ether oxygens (including phenoxy) is 1. The molecule has 0 saturated carbocycles. The molecule has 1 aromatic rings. The van der Waals surface area contributed by atoms with Gasteiger partial charge in [-0.2, -0.15) is 0 Å².